The highest BCUT2D eigenvalue weighted by Gasteiger charge is 2.43. The molecule has 1 aromatic carbocycles. The number of rotatable bonds is 6. The quantitative estimate of drug-likeness (QED) is 0.512. The number of fused-ring (bicyclic) bond motifs is 1. The molecule has 1 saturated heterocycles. The van der Waals surface area contributed by atoms with Crippen LogP contribution in [-0.4, -0.2) is 46.5 Å². The first-order valence-corrected chi connectivity index (χ1v) is 12.8. The summed E-state index contributed by atoms with van der Waals surface area (Å²) in [6.45, 7) is 3.52. The molecule has 2 fully saturated rings. The molecule has 6 nitrogen and oxygen atoms in total. The van der Waals surface area contributed by atoms with Crippen molar-refractivity contribution in [2.75, 3.05) is 20.2 Å². The van der Waals surface area contributed by atoms with Gasteiger partial charge in [-0.25, -0.2) is 0 Å². The summed E-state index contributed by atoms with van der Waals surface area (Å²) in [5.41, 5.74) is 1.42. The Morgan fingerprint density at radius 1 is 1.25 bits per heavy atom. The van der Waals surface area contributed by atoms with E-state index in [1.807, 2.05) is 6.92 Å². The molecule has 2 aliphatic heterocycles. The smallest absolute Gasteiger partial charge is 0.435 e. The van der Waals surface area contributed by atoms with Crippen LogP contribution in [0.25, 0.3) is 0 Å². The predicted octanol–water partition coefficient (Wildman–Crippen LogP) is 5.10. The molecule has 2 aromatic rings. The fourth-order valence-corrected chi connectivity index (χ4v) is 6.09. The summed E-state index contributed by atoms with van der Waals surface area (Å²) < 4.78 is 53.0. The molecule has 0 amide bonds. The minimum atomic E-state index is -4.45. The van der Waals surface area contributed by atoms with E-state index in [0.717, 1.165) is 49.8 Å². The summed E-state index contributed by atoms with van der Waals surface area (Å²) in [4.78, 5) is 14.4. The first-order valence-electron chi connectivity index (χ1n) is 12.8. The highest BCUT2D eigenvalue weighted by atomic mass is 19.4. The zero-order valence-electron chi connectivity index (χ0n) is 21.1. The van der Waals surface area contributed by atoms with Gasteiger partial charge in [-0.15, -0.1) is 0 Å². The number of halogens is 3. The molecule has 1 aliphatic carbocycles. The van der Waals surface area contributed by atoms with Crippen LogP contribution in [0.4, 0.5) is 13.2 Å². The summed E-state index contributed by atoms with van der Waals surface area (Å²) in [6, 6.07) is 6.39. The number of carbonyl (C=O) groups is 1. The fraction of sp³-hybridized carbons (Fsp3) is 0.630. The van der Waals surface area contributed by atoms with Gasteiger partial charge in [-0.1, -0.05) is 19.1 Å². The van der Waals surface area contributed by atoms with Crippen LogP contribution in [0, 0.1) is 11.8 Å². The zero-order valence-corrected chi connectivity index (χ0v) is 21.1. The molecule has 0 radical (unpaired) electrons. The number of esters is 1. The third-order valence-electron chi connectivity index (χ3n) is 8.23. The van der Waals surface area contributed by atoms with Crippen LogP contribution in [0.3, 0.4) is 0 Å². The van der Waals surface area contributed by atoms with E-state index in [-0.39, 0.29) is 35.5 Å². The molecule has 3 aliphatic rings. The van der Waals surface area contributed by atoms with E-state index in [1.165, 1.54) is 30.6 Å². The normalized spacial score (nSPS) is 21.5. The third kappa shape index (κ3) is 4.99. The number of ether oxygens (including phenoxy) is 2. The molecule has 1 saturated carbocycles. The van der Waals surface area contributed by atoms with Crippen LogP contribution in [-0.2, 0) is 35.7 Å². The van der Waals surface area contributed by atoms with Crippen molar-refractivity contribution in [3.8, 4) is 5.75 Å². The van der Waals surface area contributed by atoms with Crippen LogP contribution >= 0.6 is 0 Å². The van der Waals surface area contributed by atoms with Crippen LogP contribution in [0.2, 0.25) is 0 Å². The Morgan fingerprint density at radius 3 is 2.61 bits per heavy atom. The van der Waals surface area contributed by atoms with Crippen molar-refractivity contribution >= 4 is 5.97 Å². The van der Waals surface area contributed by atoms with E-state index in [1.54, 1.807) is 0 Å². The van der Waals surface area contributed by atoms with Crippen molar-refractivity contribution in [1.29, 1.82) is 0 Å². The molecule has 9 heteroatoms. The SMILES string of the molecule is COC(=O)[C@@H](C)[C@H](c1ccc2c(c1)OC1(CC2)CCN(Cc2cn(C)nc2C(F)(F)F)CC1)C1CC1. The molecular weight excluding hydrogens is 471 g/mol. The summed E-state index contributed by atoms with van der Waals surface area (Å²) in [6.07, 6.45) is 2.60. The summed E-state index contributed by atoms with van der Waals surface area (Å²) in [5.74, 6) is 1.11. The highest BCUT2D eigenvalue weighted by Crippen LogP contribution is 2.49. The molecule has 196 valence electrons. The number of nitrogens with zero attached hydrogens (tertiary/aromatic N) is 3. The third-order valence-corrected chi connectivity index (χ3v) is 8.23. The van der Waals surface area contributed by atoms with Crippen molar-refractivity contribution in [1.82, 2.24) is 14.7 Å². The van der Waals surface area contributed by atoms with Gasteiger partial charge in [0.05, 0.1) is 13.0 Å². The Labute approximate surface area is 209 Å². The maximum Gasteiger partial charge on any atom is 0.435 e. The van der Waals surface area contributed by atoms with Gasteiger partial charge in [-0.05, 0) is 67.6 Å². The lowest BCUT2D eigenvalue weighted by molar-refractivity contribution is -0.146. The number of hydrogen-bond donors (Lipinski definition) is 0. The largest absolute Gasteiger partial charge is 0.487 e. The first-order chi connectivity index (χ1) is 17.1. The van der Waals surface area contributed by atoms with Gasteiger partial charge in [0.25, 0.3) is 0 Å². The van der Waals surface area contributed by atoms with Gasteiger partial charge < -0.3 is 9.47 Å². The second kappa shape index (κ2) is 9.39. The van der Waals surface area contributed by atoms with E-state index < -0.39 is 11.9 Å². The molecule has 0 N–H and O–H groups in total. The van der Waals surface area contributed by atoms with Crippen molar-refractivity contribution in [3.05, 3.63) is 46.8 Å². The van der Waals surface area contributed by atoms with E-state index in [0.29, 0.717) is 19.0 Å². The average molecular weight is 506 g/mol. The molecule has 36 heavy (non-hydrogen) atoms. The monoisotopic (exact) mass is 505 g/mol. The number of carbonyl (C=O) groups excluding carboxylic acids is 1. The Hall–Kier alpha value is -2.55. The maximum absolute atomic E-state index is 13.4. The van der Waals surface area contributed by atoms with Crippen molar-refractivity contribution < 1.29 is 27.4 Å². The van der Waals surface area contributed by atoms with Gasteiger partial charge in [-0.3, -0.25) is 14.4 Å². The van der Waals surface area contributed by atoms with Gasteiger partial charge in [0.2, 0.25) is 0 Å². The Bertz CT molecular complexity index is 1120. The number of alkyl halides is 3. The van der Waals surface area contributed by atoms with Crippen molar-refractivity contribution in [3.63, 3.8) is 0 Å². The minimum absolute atomic E-state index is 0.119. The Kier molecular flexibility index (Phi) is 6.55. The molecule has 2 atom stereocenters. The summed E-state index contributed by atoms with van der Waals surface area (Å²) in [5, 5.41) is 3.63. The zero-order chi connectivity index (χ0) is 25.7. The van der Waals surface area contributed by atoms with E-state index in [2.05, 4.69) is 28.2 Å². The fourth-order valence-electron chi connectivity index (χ4n) is 6.09. The Morgan fingerprint density at radius 2 is 1.97 bits per heavy atom. The number of benzene rings is 1. The molecule has 3 heterocycles. The summed E-state index contributed by atoms with van der Waals surface area (Å²) >= 11 is 0. The number of likely N-dealkylation sites (tertiary alicyclic amines) is 1. The van der Waals surface area contributed by atoms with Crippen LogP contribution in [0.5, 0.6) is 5.75 Å². The number of piperidine rings is 1. The average Bonchev–Trinajstić information content (AvgIpc) is 3.60. The number of aromatic nitrogens is 2. The second-order valence-electron chi connectivity index (χ2n) is 10.8. The number of aryl methyl sites for hydroxylation is 2. The standard InChI is InChI=1S/C27H34F3N3O3/c1-17(25(34)35-3)23(19-5-6-19)20-7-4-18-8-9-26(36-22(18)14-20)10-12-33(13-11-26)16-21-15-32(2)31-24(21)27(28,29)30/h4,7,14-15,17,19,23H,5-6,8-13,16H2,1-3H3/t17-,23-/m0/s1. The highest BCUT2D eigenvalue weighted by molar-refractivity contribution is 5.73. The van der Waals surface area contributed by atoms with E-state index >= 15 is 0 Å². The van der Waals surface area contributed by atoms with Gasteiger partial charge in [0.15, 0.2) is 5.69 Å². The number of methoxy groups -OCH3 is 1. The molecular formula is C27H34F3N3O3. The molecule has 0 unspecified atom stereocenters. The molecule has 1 aromatic heterocycles. The van der Waals surface area contributed by atoms with E-state index in [9.17, 15) is 18.0 Å². The Balaban J connectivity index is 1.28. The second-order valence-corrected chi connectivity index (χ2v) is 10.8. The van der Waals surface area contributed by atoms with Gasteiger partial charge in [0.1, 0.15) is 11.4 Å². The molecule has 5 rings (SSSR count). The van der Waals surface area contributed by atoms with Gasteiger partial charge >= 0.3 is 12.1 Å². The van der Waals surface area contributed by atoms with Gasteiger partial charge in [0, 0.05) is 38.4 Å². The topological polar surface area (TPSA) is 56.6 Å². The summed E-state index contributed by atoms with van der Waals surface area (Å²) in [7, 11) is 2.96. The maximum atomic E-state index is 13.4. The molecule has 0 bridgehead atoms. The lowest BCUT2D eigenvalue weighted by Gasteiger charge is -2.45. The first kappa shape index (κ1) is 25.1. The lowest BCUT2D eigenvalue weighted by atomic mass is 9.80. The lowest BCUT2D eigenvalue weighted by Crippen LogP contribution is -2.49. The number of hydrogen-bond acceptors (Lipinski definition) is 5. The van der Waals surface area contributed by atoms with Crippen molar-refractivity contribution in [2.45, 2.75) is 69.7 Å². The van der Waals surface area contributed by atoms with E-state index in [4.69, 9.17) is 9.47 Å². The van der Waals surface area contributed by atoms with Crippen molar-refractivity contribution in [2.24, 2.45) is 18.9 Å². The van der Waals surface area contributed by atoms with Gasteiger partial charge in [-0.2, -0.15) is 18.3 Å². The minimum Gasteiger partial charge on any atom is -0.487 e. The van der Waals surface area contributed by atoms with Crippen LogP contribution in [0.1, 0.15) is 67.3 Å². The molecule has 1 spiro atoms. The predicted molar refractivity (Wildman–Crippen MR) is 127 cm³/mol. The van der Waals surface area contributed by atoms with Crippen LogP contribution in [0.15, 0.2) is 24.4 Å². The van der Waals surface area contributed by atoms with Crippen LogP contribution < -0.4 is 4.74 Å².